The molecule has 6 nitrogen and oxygen atoms in total. The number of anilines is 1. The van der Waals surface area contributed by atoms with Crippen LogP contribution in [0.15, 0.2) is 60.7 Å². The zero-order valence-corrected chi connectivity index (χ0v) is 12.7. The largest absolute Gasteiger partial charge is 0.484 e. The molecule has 1 aromatic heterocycles. The van der Waals surface area contributed by atoms with E-state index in [2.05, 4.69) is 10.3 Å². The molecule has 0 saturated carbocycles. The molecule has 3 N–H and O–H groups in total. The van der Waals surface area contributed by atoms with Gasteiger partial charge in [0.1, 0.15) is 11.4 Å². The number of primary amides is 1. The van der Waals surface area contributed by atoms with E-state index in [4.69, 9.17) is 10.5 Å². The molecule has 3 rings (SSSR count). The van der Waals surface area contributed by atoms with Gasteiger partial charge in [-0.1, -0.05) is 24.3 Å². The van der Waals surface area contributed by atoms with Crippen LogP contribution >= 0.6 is 0 Å². The first-order valence-corrected chi connectivity index (χ1v) is 7.30. The molecular weight excluding hydrogens is 306 g/mol. The fourth-order valence-electron chi connectivity index (χ4n) is 2.18. The Kier molecular flexibility index (Phi) is 4.38. The molecule has 1 heterocycles. The predicted octanol–water partition coefficient (Wildman–Crippen LogP) is 2.35. The van der Waals surface area contributed by atoms with Crippen LogP contribution in [0.3, 0.4) is 0 Å². The molecule has 0 atom stereocenters. The molecule has 2 aromatic carbocycles. The normalized spacial score (nSPS) is 10.3. The number of amides is 2. The zero-order chi connectivity index (χ0) is 16.9. The summed E-state index contributed by atoms with van der Waals surface area (Å²) in [7, 11) is 0. The first-order chi connectivity index (χ1) is 11.6. The highest BCUT2D eigenvalue weighted by Gasteiger charge is 2.09. The smallest absolute Gasteiger partial charge is 0.274 e. The summed E-state index contributed by atoms with van der Waals surface area (Å²) in [6.07, 6.45) is 0. The van der Waals surface area contributed by atoms with Gasteiger partial charge < -0.3 is 15.8 Å². The Morgan fingerprint density at radius 2 is 1.75 bits per heavy atom. The van der Waals surface area contributed by atoms with Crippen molar-refractivity contribution >= 4 is 28.4 Å². The molecule has 0 spiro atoms. The lowest BCUT2D eigenvalue weighted by Crippen LogP contribution is -2.20. The third kappa shape index (κ3) is 3.67. The van der Waals surface area contributed by atoms with E-state index in [0.717, 1.165) is 10.9 Å². The van der Waals surface area contributed by atoms with Crippen molar-refractivity contribution in [2.75, 3.05) is 11.9 Å². The van der Waals surface area contributed by atoms with Crippen molar-refractivity contribution in [2.45, 2.75) is 0 Å². The average Bonchev–Trinajstić information content (AvgIpc) is 2.60. The number of benzene rings is 2. The van der Waals surface area contributed by atoms with Crippen LogP contribution in [0, 0.1) is 0 Å². The van der Waals surface area contributed by atoms with Crippen LogP contribution in [0.1, 0.15) is 10.5 Å². The van der Waals surface area contributed by atoms with E-state index in [1.54, 1.807) is 30.3 Å². The first kappa shape index (κ1) is 15.5. The van der Waals surface area contributed by atoms with Crippen LogP contribution in [0.25, 0.3) is 10.9 Å². The Labute approximate surface area is 138 Å². The lowest BCUT2D eigenvalue weighted by molar-refractivity contribution is -0.119. The predicted molar refractivity (Wildman–Crippen MR) is 90.8 cm³/mol. The Morgan fingerprint density at radius 3 is 2.50 bits per heavy atom. The fraction of sp³-hybridized carbons (Fsp3) is 0.0556. The minimum absolute atomic E-state index is 0.188. The number of aromatic nitrogens is 1. The van der Waals surface area contributed by atoms with Gasteiger partial charge in [0.25, 0.3) is 11.8 Å². The first-order valence-electron chi connectivity index (χ1n) is 7.30. The van der Waals surface area contributed by atoms with Crippen LogP contribution in [0.5, 0.6) is 5.75 Å². The standard InChI is InChI=1S/C18H15N3O3/c19-17(22)11-24-14-8-6-13(7-9-14)20-18(23)16-10-5-12-3-1-2-4-15(12)21-16/h1-10H,11H2,(H2,19,22)(H,20,23). The Morgan fingerprint density at radius 1 is 1.00 bits per heavy atom. The molecule has 6 heteroatoms. The van der Waals surface area contributed by atoms with Gasteiger partial charge in [-0.25, -0.2) is 4.98 Å². The number of fused-ring (bicyclic) bond motifs is 1. The molecule has 24 heavy (non-hydrogen) atoms. The maximum absolute atomic E-state index is 12.3. The van der Waals surface area contributed by atoms with Crippen molar-refractivity contribution in [1.82, 2.24) is 4.98 Å². The molecule has 0 unspecified atom stereocenters. The van der Waals surface area contributed by atoms with E-state index < -0.39 is 5.91 Å². The molecular formula is C18H15N3O3. The monoisotopic (exact) mass is 321 g/mol. The molecule has 120 valence electrons. The van der Waals surface area contributed by atoms with Crippen LogP contribution in [-0.4, -0.2) is 23.4 Å². The molecule has 0 saturated heterocycles. The summed E-state index contributed by atoms with van der Waals surface area (Å²) in [4.78, 5) is 27.3. The number of nitrogens with zero attached hydrogens (tertiary/aromatic N) is 1. The van der Waals surface area contributed by atoms with E-state index in [9.17, 15) is 9.59 Å². The van der Waals surface area contributed by atoms with Gasteiger partial charge in [0.15, 0.2) is 6.61 Å². The highest BCUT2D eigenvalue weighted by atomic mass is 16.5. The summed E-state index contributed by atoms with van der Waals surface area (Å²) in [6, 6.07) is 17.8. The summed E-state index contributed by atoms with van der Waals surface area (Å²) < 4.78 is 5.16. The number of nitrogens with one attached hydrogen (secondary N) is 1. The number of hydrogen-bond acceptors (Lipinski definition) is 4. The second kappa shape index (κ2) is 6.78. The van der Waals surface area contributed by atoms with Crippen LogP contribution < -0.4 is 15.8 Å². The Bertz CT molecular complexity index is 891. The number of rotatable bonds is 5. The Balaban J connectivity index is 1.70. The molecule has 0 aliphatic rings. The molecule has 3 aromatic rings. The maximum atomic E-state index is 12.3. The zero-order valence-electron chi connectivity index (χ0n) is 12.7. The van der Waals surface area contributed by atoms with Gasteiger partial charge >= 0.3 is 0 Å². The third-order valence-electron chi connectivity index (χ3n) is 3.32. The van der Waals surface area contributed by atoms with Gasteiger partial charge in [-0.2, -0.15) is 0 Å². The minimum atomic E-state index is -0.547. The van der Waals surface area contributed by atoms with Crippen molar-refractivity contribution < 1.29 is 14.3 Å². The van der Waals surface area contributed by atoms with Gasteiger partial charge in [0, 0.05) is 11.1 Å². The summed E-state index contributed by atoms with van der Waals surface area (Å²) in [5.41, 5.74) is 6.71. The fourth-order valence-corrected chi connectivity index (χ4v) is 2.18. The quantitative estimate of drug-likeness (QED) is 0.754. The highest BCUT2D eigenvalue weighted by molar-refractivity contribution is 6.04. The van der Waals surface area contributed by atoms with Crippen molar-refractivity contribution in [3.8, 4) is 5.75 Å². The molecule has 0 aliphatic heterocycles. The van der Waals surface area contributed by atoms with Crippen LogP contribution in [-0.2, 0) is 4.79 Å². The number of nitrogens with two attached hydrogens (primary N) is 1. The molecule has 0 radical (unpaired) electrons. The van der Waals surface area contributed by atoms with E-state index in [-0.39, 0.29) is 12.5 Å². The number of pyridine rings is 1. The number of ether oxygens (including phenoxy) is 1. The van der Waals surface area contributed by atoms with Crippen molar-refractivity contribution in [3.05, 3.63) is 66.4 Å². The summed E-state index contributed by atoms with van der Waals surface area (Å²) in [5.74, 6) is -0.350. The lowest BCUT2D eigenvalue weighted by atomic mass is 10.2. The van der Waals surface area contributed by atoms with Crippen LogP contribution in [0.2, 0.25) is 0 Å². The summed E-state index contributed by atoms with van der Waals surface area (Å²) in [5, 5.41) is 3.74. The number of para-hydroxylation sites is 1. The summed E-state index contributed by atoms with van der Waals surface area (Å²) >= 11 is 0. The maximum Gasteiger partial charge on any atom is 0.274 e. The Hall–Kier alpha value is -3.41. The topological polar surface area (TPSA) is 94.3 Å². The van der Waals surface area contributed by atoms with Gasteiger partial charge in [0.2, 0.25) is 0 Å². The van der Waals surface area contributed by atoms with Gasteiger partial charge in [-0.05, 0) is 36.4 Å². The van der Waals surface area contributed by atoms with Gasteiger partial charge in [-0.3, -0.25) is 9.59 Å². The van der Waals surface area contributed by atoms with E-state index >= 15 is 0 Å². The van der Waals surface area contributed by atoms with E-state index in [0.29, 0.717) is 17.1 Å². The van der Waals surface area contributed by atoms with Crippen molar-refractivity contribution in [1.29, 1.82) is 0 Å². The number of carbonyl (C=O) groups is 2. The van der Waals surface area contributed by atoms with Crippen LogP contribution in [0.4, 0.5) is 5.69 Å². The summed E-state index contributed by atoms with van der Waals surface area (Å²) in [6.45, 7) is -0.188. The molecule has 0 bridgehead atoms. The van der Waals surface area contributed by atoms with E-state index in [1.807, 2.05) is 30.3 Å². The highest BCUT2D eigenvalue weighted by Crippen LogP contribution is 2.17. The lowest BCUT2D eigenvalue weighted by Gasteiger charge is -2.07. The molecule has 2 amide bonds. The van der Waals surface area contributed by atoms with Crippen molar-refractivity contribution in [2.24, 2.45) is 5.73 Å². The average molecular weight is 321 g/mol. The van der Waals surface area contributed by atoms with Crippen molar-refractivity contribution in [3.63, 3.8) is 0 Å². The second-order valence-corrected chi connectivity index (χ2v) is 5.12. The SMILES string of the molecule is NC(=O)COc1ccc(NC(=O)c2ccc3ccccc3n2)cc1. The third-order valence-corrected chi connectivity index (χ3v) is 3.32. The number of carbonyl (C=O) groups excluding carboxylic acids is 2. The van der Waals surface area contributed by atoms with E-state index in [1.165, 1.54) is 0 Å². The number of hydrogen-bond donors (Lipinski definition) is 2. The van der Waals surface area contributed by atoms with Gasteiger partial charge in [-0.15, -0.1) is 0 Å². The molecule has 0 aliphatic carbocycles. The molecule has 0 fully saturated rings. The van der Waals surface area contributed by atoms with Gasteiger partial charge in [0.05, 0.1) is 5.52 Å². The minimum Gasteiger partial charge on any atom is -0.484 e. The second-order valence-electron chi connectivity index (χ2n) is 5.12.